The van der Waals surface area contributed by atoms with Crippen LogP contribution in [0.1, 0.15) is 12.0 Å². The van der Waals surface area contributed by atoms with Gasteiger partial charge in [-0.1, -0.05) is 29.8 Å². The molecule has 1 fully saturated rings. The molecule has 3 rings (SSSR count). The van der Waals surface area contributed by atoms with E-state index in [1.807, 2.05) is 0 Å². The molecule has 1 saturated heterocycles. The summed E-state index contributed by atoms with van der Waals surface area (Å²) < 4.78 is 4.86. The van der Waals surface area contributed by atoms with E-state index in [0.29, 0.717) is 10.7 Å². The monoisotopic (exact) mass is 382 g/mol. The van der Waals surface area contributed by atoms with Crippen molar-refractivity contribution in [2.75, 3.05) is 12.0 Å². The van der Waals surface area contributed by atoms with Gasteiger partial charge in [-0.25, -0.2) is 11.4 Å². The number of benzene rings is 2. The molecule has 0 N–H and O–H groups in total. The topological polar surface area (TPSA) is 68.0 Å². The minimum atomic E-state index is -1.96. The number of esters is 1. The maximum Gasteiger partial charge on any atom is 0.399 e. The SMILES string of the molecule is [C-]#[N+][C@](C(=O)OC)(c1ccc(Cl)cc1)[C@@H]1CC(=O)N(c2ccccc2)C1=O. The van der Waals surface area contributed by atoms with Gasteiger partial charge in [0.15, 0.2) is 0 Å². The van der Waals surface area contributed by atoms with Gasteiger partial charge in [0, 0.05) is 17.0 Å². The molecule has 1 aliphatic heterocycles. The number of hydrogen-bond donors (Lipinski definition) is 0. The van der Waals surface area contributed by atoms with Gasteiger partial charge < -0.3 is 4.74 Å². The summed E-state index contributed by atoms with van der Waals surface area (Å²) in [7, 11) is 1.15. The first-order valence-corrected chi connectivity index (χ1v) is 8.48. The van der Waals surface area contributed by atoms with E-state index in [1.54, 1.807) is 30.3 Å². The van der Waals surface area contributed by atoms with E-state index >= 15 is 0 Å². The number of hydrogen-bond acceptors (Lipinski definition) is 4. The molecule has 0 bridgehead atoms. The number of rotatable bonds is 4. The van der Waals surface area contributed by atoms with E-state index in [-0.39, 0.29) is 12.0 Å². The number of methoxy groups -OCH3 is 1. The summed E-state index contributed by atoms with van der Waals surface area (Å²) in [6.07, 6.45) is -0.270. The van der Waals surface area contributed by atoms with Gasteiger partial charge in [-0.15, -0.1) is 0 Å². The van der Waals surface area contributed by atoms with Gasteiger partial charge in [0.05, 0.1) is 12.8 Å². The fourth-order valence-corrected chi connectivity index (χ4v) is 3.44. The van der Waals surface area contributed by atoms with E-state index in [2.05, 4.69) is 4.85 Å². The fraction of sp³-hybridized carbons (Fsp3) is 0.200. The Hall–Kier alpha value is -3.17. The van der Waals surface area contributed by atoms with Crippen molar-refractivity contribution in [3.63, 3.8) is 0 Å². The lowest BCUT2D eigenvalue weighted by molar-refractivity contribution is -0.149. The molecule has 2 amide bonds. The number of halogens is 1. The molecular weight excluding hydrogens is 368 g/mol. The van der Waals surface area contributed by atoms with Crippen LogP contribution in [0.2, 0.25) is 5.02 Å². The summed E-state index contributed by atoms with van der Waals surface area (Å²) >= 11 is 5.91. The van der Waals surface area contributed by atoms with Gasteiger partial charge >= 0.3 is 11.5 Å². The predicted molar refractivity (Wildman–Crippen MR) is 98.8 cm³/mol. The molecule has 0 radical (unpaired) electrons. The van der Waals surface area contributed by atoms with Crippen LogP contribution in [0.25, 0.3) is 4.85 Å². The molecule has 136 valence electrons. The van der Waals surface area contributed by atoms with Crippen molar-refractivity contribution in [1.82, 2.24) is 0 Å². The number of imide groups is 1. The Labute approximate surface area is 161 Å². The highest BCUT2D eigenvalue weighted by atomic mass is 35.5. The molecule has 7 heteroatoms. The van der Waals surface area contributed by atoms with Gasteiger partial charge in [0.25, 0.3) is 0 Å². The quantitative estimate of drug-likeness (QED) is 0.462. The van der Waals surface area contributed by atoms with Crippen molar-refractivity contribution in [3.05, 3.63) is 76.6 Å². The maximum atomic E-state index is 13.1. The minimum absolute atomic E-state index is 0.259. The van der Waals surface area contributed by atoms with Crippen molar-refractivity contribution in [2.24, 2.45) is 5.92 Å². The maximum absolute atomic E-state index is 13.1. The molecule has 0 aromatic heterocycles. The van der Waals surface area contributed by atoms with E-state index in [4.69, 9.17) is 22.9 Å². The first kappa shape index (κ1) is 18.6. The normalized spacial score (nSPS) is 18.7. The average molecular weight is 383 g/mol. The zero-order valence-electron chi connectivity index (χ0n) is 14.4. The third-order valence-electron chi connectivity index (χ3n) is 4.62. The summed E-state index contributed by atoms with van der Waals surface area (Å²) in [6.45, 7) is 7.73. The summed E-state index contributed by atoms with van der Waals surface area (Å²) in [4.78, 5) is 42.9. The largest absolute Gasteiger partial charge is 0.463 e. The van der Waals surface area contributed by atoms with Crippen LogP contribution >= 0.6 is 11.6 Å². The van der Waals surface area contributed by atoms with Gasteiger partial charge in [-0.2, -0.15) is 0 Å². The number of anilines is 1. The molecule has 0 unspecified atom stereocenters. The highest BCUT2D eigenvalue weighted by molar-refractivity contribution is 6.30. The number of ether oxygens (including phenoxy) is 1. The lowest BCUT2D eigenvalue weighted by Gasteiger charge is -2.24. The number of carbonyl (C=O) groups is 3. The Morgan fingerprint density at radius 3 is 2.37 bits per heavy atom. The van der Waals surface area contributed by atoms with Crippen molar-refractivity contribution in [2.45, 2.75) is 12.0 Å². The summed E-state index contributed by atoms with van der Waals surface area (Å²) in [6, 6.07) is 14.5. The van der Waals surface area contributed by atoms with Crippen LogP contribution in [0.4, 0.5) is 5.69 Å². The number of para-hydroxylation sites is 1. The van der Waals surface area contributed by atoms with Crippen molar-refractivity contribution in [1.29, 1.82) is 0 Å². The summed E-state index contributed by atoms with van der Waals surface area (Å²) in [5.41, 5.74) is -1.31. The Morgan fingerprint density at radius 1 is 1.19 bits per heavy atom. The molecule has 2 aromatic rings. The lowest BCUT2D eigenvalue weighted by atomic mass is 9.77. The second-order valence-electron chi connectivity index (χ2n) is 6.04. The molecule has 1 aliphatic rings. The highest BCUT2D eigenvalue weighted by Gasteiger charge is 2.63. The van der Waals surface area contributed by atoms with Gasteiger partial charge in [0.2, 0.25) is 11.8 Å². The van der Waals surface area contributed by atoms with Crippen molar-refractivity contribution < 1.29 is 19.1 Å². The van der Waals surface area contributed by atoms with Crippen LogP contribution in [-0.4, -0.2) is 24.9 Å². The molecule has 2 atom stereocenters. The van der Waals surface area contributed by atoms with Crippen molar-refractivity contribution in [3.8, 4) is 0 Å². The molecular formula is C20H15ClN2O4. The zero-order valence-corrected chi connectivity index (χ0v) is 15.1. The molecule has 0 aliphatic carbocycles. The molecule has 0 saturated carbocycles. The van der Waals surface area contributed by atoms with Crippen LogP contribution in [0, 0.1) is 12.5 Å². The Balaban J connectivity index is 2.12. The van der Waals surface area contributed by atoms with Crippen LogP contribution < -0.4 is 4.90 Å². The molecule has 1 heterocycles. The second kappa shape index (κ2) is 7.22. The third kappa shape index (κ3) is 2.96. The minimum Gasteiger partial charge on any atom is -0.463 e. The van der Waals surface area contributed by atoms with E-state index in [0.717, 1.165) is 12.0 Å². The molecule has 0 spiro atoms. The van der Waals surface area contributed by atoms with Gasteiger partial charge in [-0.05, 0) is 36.4 Å². The van der Waals surface area contributed by atoms with Crippen LogP contribution in [-0.2, 0) is 24.7 Å². The molecule has 6 nitrogen and oxygen atoms in total. The first-order chi connectivity index (χ1) is 13.0. The van der Waals surface area contributed by atoms with Crippen molar-refractivity contribution >= 4 is 35.1 Å². The smallest absolute Gasteiger partial charge is 0.399 e. The van der Waals surface area contributed by atoms with E-state index < -0.39 is 29.2 Å². The van der Waals surface area contributed by atoms with Gasteiger partial charge in [0.1, 0.15) is 5.92 Å². The average Bonchev–Trinajstić information content (AvgIpc) is 2.99. The number of amides is 2. The summed E-state index contributed by atoms with van der Waals surface area (Å²) in [5, 5.41) is 0.419. The lowest BCUT2D eigenvalue weighted by Crippen LogP contribution is -2.45. The predicted octanol–water partition coefficient (Wildman–Crippen LogP) is 3.21. The van der Waals surface area contributed by atoms with Crippen LogP contribution in [0.5, 0.6) is 0 Å². The standard InChI is InChI=1S/C20H15ClN2O4/c1-22-20(19(26)27-2,13-8-10-14(21)11-9-13)16-12-17(24)23(18(16)25)15-6-4-3-5-7-15/h3-11,16H,12H2,2H3/t16-,20-/m1/s1. The van der Waals surface area contributed by atoms with Gasteiger partial charge in [-0.3, -0.25) is 19.3 Å². The Morgan fingerprint density at radius 2 is 1.81 bits per heavy atom. The Bertz CT molecular complexity index is 937. The Kier molecular flexibility index (Phi) is 4.98. The van der Waals surface area contributed by atoms with Crippen LogP contribution in [0.3, 0.4) is 0 Å². The molecule has 27 heavy (non-hydrogen) atoms. The van der Waals surface area contributed by atoms with Crippen LogP contribution in [0.15, 0.2) is 54.6 Å². The molecule has 2 aromatic carbocycles. The fourth-order valence-electron chi connectivity index (χ4n) is 3.32. The number of carbonyl (C=O) groups excluding carboxylic acids is 3. The number of nitrogens with zero attached hydrogens (tertiary/aromatic N) is 2. The zero-order chi connectivity index (χ0) is 19.6. The van der Waals surface area contributed by atoms with E-state index in [9.17, 15) is 14.4 Å². The highest BCUT2D eigenvalue weighted by Crippen LogP contribution is 2.43. The first-order valence-electron chi connectivity index (χ1n) is 8.10. The van der Waals surface area contributed by atoms with E-state index in [1.165, 1.54) is 24.3 Å². The second-order valence-corrected chi connectivity index (χ2v) is 6.47. The summed E-state index contributed by atoms with van der Waals surface area (Å²) in [5.74, 6) is -3.16. The third-order valence-corrected chi connectivity index (χ3v) is 4.87.